The van der Waals surface area contributed by atoms with E-state index in [1.165, 1.54) is 22.5 Å². The highest BCUT2D eigenvalue weighted by Crippen LogP contribution is 2.24. The first-order chi connectivity index (χ1) is 7.09. The molecule has 0 spiro atoms. The van der Waals surface area contributed by atoms with Crippen LogP contribution in [0.25, 0.3) is 0 Å². The molecule has 0 aromatic carbocycles. The Morgan fingerprint density at radius 1 is 1.73 bits per heavy atom. The summed E-state index contributed by atoms with van der Waals surface area (Å²) < 4.78 is 1.45. The second kappa shape index (κ2) is 3.69. The zero-order valence-corrected chi connectivity index (χ0v) is 8.95. The van der Waals surface area contributed by atoms with E-state index in [1.807, 2.05) is 0 Å². The van der Waals surface area contributed by atoms with Crippen LogP contribution in [0.1, 0.15) is 5.56 Å². The van der Waals surface area contributed by atoms with Gasteiger partial charge in [0, 0.05) is 24.1 Å². The summed E-state index contributed by atoms with van der Waals surface area (Å²) in [5.41, 5.74) is 0.406. The number of nitrogens with zero attached hydrogens (tertiary/aromatic N) is 2. The lowest BCUT2D eigenvalue weighted by molar-refractivity contribution is -0.141. The molecule has 0 radical (unpaired) electrons. The number of aliphatic carboxylic acids is 1. The molecule has 1 unspecified atom stereocenters. The Hall–Kier alpha value is -1.30. The van der Waals surface area contributed by atoms with Crippen molar-refractivity contribution in [2.45, 2.75) is 18.6 Å². The summed E-state index contributed by atoms with van der Waals surface area (Å²) in [4.78, 5) is 26.6. The van der Waals surface area contributed by atoms with Crippen LogP contribution in [-0.2, 0) is 11.3 Å². The average Bonchev–Trinajstić information content (AvgIpc) is 2.23. The molecule has 80 valence electrons. The summed E-state index contributed by atoms with van der Waals surface area (Å²) in [6.45, 7) is 1.91. The largest absolute Gasteiger partial charge is 0.481 e. The van der Waals surface area contributed by atoms with Gasteiger partial charge in [-0.2, -0.15) is 0 Å². The van der Waals surface area contributed by atoms with Crippen LogP contribution in [0.5, 0.6) is 0 Å². The maximum absolute atomic E-state index is 11.7. The molecule has 1 aromatic rings. The molecule has 0 fully saturated rings. The highest BCUT2D eigenvalue weighted by Gasteiger charge is 2.26. The third kappa shape index (κ3) is 1.77. The van der Waals surface area contributed by atoms with Gasteiger partial charge in [0.15, 0.2) is 5.16 Å². The molecule has 0 bridgehead atoms. The zero-order valence-electron chi connectivity index (χ0n) is 8.14. The lowest BCUT2D eigenvalue weighted by Gasteiger charge is -2.21. The normalized spacial score (nSPS) is 19.7. The van der Waals surface area contributed by atoms with Crippen molar-refractivity contribution in [3.05, 3.63) is 22.1 Å². The Bertz CT molecular complexity index is 469. The number of fused-ring (bicyclic) bond motifs is 1. The zero-order chi connectivity index (χ0) is 11.0. The summed E-state index contributed by atoms with van der Waals surface area (Å²) in [5.74, 6) is -0.879. The number of carbonyl (C=O) groups is 1. The summed E-state index contributed by atoms with van der Waals surface area (Å²) in [7, 11) is 0. The number of aryl methyl sites for hydroxylation is 1. The SMILES string of the molecule is Cc1cnc2n(c1=O)CC(C(=O)O)CS2. The minimum Gasteiger partial charge on any atom is -0.481 e. The molecule has 1 atom stereocenters. The minimum atomic E-state index is -0.860. The van der Waals surface area contributed by atoms with Crippen molar-refractivity contribution < 1.29 is 9.90 Å². The lowest BCUT2D eigenvalue weighted by atomic mass is 10.2. The topological polar surface area (TPSA) is 72.2 Å². The third-order valence-corrected chi connectivity index (χ3v) is 3.50. The number of rotatable bonds is 1. The summed E-state index contributed by atoms with van der Waals surface area (Å²) >= 11 is 1.32. The number of carboxylic acids is 1. The summed E-state index contributed by atoms with van der Waals surface area (Å²) in [6, 6.07) is 0. The van der Waals surface area contributed by atoms with E-state index in [9.17, 15) is 9.59 Å². The van der Waals surface area contributed by atoms with E-state index in [-0.39, 0.29) is 12.1 Å². The second-order valence-corrected chi connectivity index (χ2v) is 4.47. The highest BCUT2D eigenvalue weighted by atomic mass is 32.2. The molecule has 1 aliphatic rings. The molecule has 0 saturated carbocycles. The van der Waals surface area contributed by atoms with E-state index in [2.05, 4.69) is 4.98 Å². The molecule has 5 nitrogen and oxygen atoms in total. The fourth-order valence-electron chi connectivity index (χ4n) is 1.45. The van der Waals surface area contributed by atoms with Crippen molar-refractivity contribution in [2.75, 3.05) is 5.75 Å². The van der Waals surface area contributed by atoms with Gasteiger partial charge in [-0.15, -0.1) is 0 Å². The van der Waals surface area contributed by atoms with Gasteiger partial charge in [0.1, 0.15) is 0 Å². The molecular formula is C9H10N2O3S. The van der Waals surface area contributed by atoms with E-state index in [1.54, 1.807) is 6.92 Å². The Balaban J connectivity index is 2.44. The fourth-order valence-corrected chi connectivity index (χ4v) is 2.49. The standard InChI is InChI=1S/C9H10N2O3S/c1-5-2-10-9-11(7(5)12)3-6(4-15-9)8(13)14/h2,6H,3-4H2,1H3,(H,13,14). The number of carboxylic acid groups (broad SMARTS) is 1. The predicted octanol–water partition coefficient (Wildman–Crippen LogP) is 0.358. The number of hydrogen-bond donors (Lipinski definition) is 1. The van der Waals surface area contributed by atoms with Gasteiger partial charge in [-0.3, -0.25) is 14.2 Å². The van der Waals surface area contributed by atoms with Crippen LogP contribution in [0.3, 0.4) is 0 Å². The quantitative estimate of drug-likeness (QED) is 0.700. The van der Waals surface area contributed by atoms with Gasteiger partial charge in [0.25, 0.3) is 5.56 Å². The number of thioether (sulfide) groups is 1. The van der Waals surface area contributed by atoms with E-state index in [4.69, 9.17) is 5.11 Å². The lowest BCUT2D eigenvalue weighted by Crippen LogP contribution is -2.35. The first-order valence-corrected chi connectivity index (χ1v) is 5.50. The first kappa shape index (κ1) is 10.2. The Labute approximate surface area is 90.1 Å². The smallest absolute Gasteiger partial charge is 0.309 e. The van der Waals surface area contributed by atoms with Crippen LogP contribution < -0.4 is 5.56 Å². The van der Waals surface area contributed by atoms with Gasteiger partial charge in [0.2, 0.25) is 0 Å². The molecule has 1 aliphatic heterocycles. The van der Waals surface area contributed by atoms with Gasteiger partial charge in [-0.25, -0.2) is 4.98 Å². The Kier molecular flexibility index (Phi) is 2.52. The monoisotopic (exact) mass is 226 g/mol. The van der Waals surface area contributed by atoms with Gasteiger partial charge < -0.3 is 5.11 Å². The van der Waals surface area contributed by atoms with Crippen LogP contribution in [0.2, 0.25) is 0 Å². The van der Waals surface area contributed by atoms with Gasteiger partial charge in [-0.05, 0) is 6.92 Å². The van der Waals surface area contributed by atoms with E-state index in [0.717, 1.165) is 0 Å². The molecular weight excluding hydrogens is 216 g/mol. The number of hydrogen-bond acceptors (Lipinski definition) is 4. The summed E-state index contributed by atoms with van der Waals surface area (Å²) in [5, 5.41) is 9.49. The third-order valence-electron chi connectivity index (χ3n) is 2.35. The Morgan fingerprint density at radius 2 is 2.47 bits per heavy atom. The van der Waals surface area contributed by atoms with Crippen LogP contribution in [0, 0.1) is 12.8 Å². The van der Waals surface area contributed by atoms with Crippen molar-refractivity contribution in [2.24, 2.45) is 5.92 Å². The Morgan fingerprint density at radius 3 is 3.13 bits per heavy atom. The molecule has 15 heavy (non-hydrogen) atoms. The molecule has 0 saturated heterocycles. The van der Waals surface area contributed by atoms with Crippen LogP contribution >= 0.6 is 11.8 Å². The van der Waals surface area contributed by atoms with Crippen LogP contribution in [-0.4, -0.2) is 26.4 Å². The number of aromatic nitrogens is 2. The molecule has 0 amide bonds. The van der Waals surface area contributed by atoms with Gasteiger partial charge in [0.05, 0.1) is 5.92 Å². The van der Waals surface area contributed by atoms with Crippen molar-refractivity contribution in [1.82, 2.24) is 9.55 Å². The molecule has 1 N–H and O–H groups in total. The molecule has 6 heteroatoms. The van der Waals surface area contributed by atoms with Crippen LogP contribution in [0.15, 0.2) is 16.1 Å². The van der Waals surface area contributed by atoms with E-state index >= 15 is 0 Å². The van der Waals surface area contributed by atoms with Crippen LogP contribution in [0.4, 0.5) is 0 Å². The van der Waals surface area contributed by atoms with E-state index in [0.29, 0.717) is 16.5 Å². The van der Waals surface area contributed by atoms with Crippen molar-refractivity contribution in [1.29, 1.82) is 0 Å². The second-order valence-electron chi connectivity index (χ2n) is 3.49. The molecule has 2 heterocycles. The van der Waals surface area contributed by atoms with Crippen molar-refractivity contribution in [3.63, 3.8) is 0 Å². The van der Waals surface area contributed by atoms with E-state index < -0.39 is 11.9 Å². The van der Waals surface area contributed by atoms with Gasteiger partial charge >= 0.3 is 5.97 Å². The maximum atomic E-state index is 11.7. The molecule has 1 aromatic heterocycles. The van der Waals surface area contributed by atoms with Crippen molar-refractivity contribution >= 4 is 17.7 Å². The average molecular weight is 226 g/mol. The summed E-state index contributed by atoms with van der Waals surface area (Å²) in [6.07, 6.45) is 1.53. The first-order valence-electron chi connectivity index (χ1n) is 4.51. The fraction of sp³-hybridized carbons (Fsp3) is 0.444. The molecule has 0 aliphatic carbocycles. The van der Waals surface area contributed by atoms with Crippen molar-refractivity contribution in [3.8, 4) is 0 Å². The minimum absolute atomic E-state index is 0.140. The van der Waals surface area contributed by atoms with Gasteiger partial charge in [-0.1, -0.05) is 11.8 Å². The predicted molar refractivity (Wildman–Crippen MR) is 55.1 cm³/mol. The molecule has 2 rings (SSSR count). The highest BCUT2D eigenvalue weighted by molar-refractivity contribution is 7.99. The maximum Gasteiger partial charge on any atom is 0.309 e.